The highest BCUT2D eigenvalue weighted by atomic mass is 15.3. The molecule has 27 heavy (non-hydrogen) atoms. The van der Waals surface area contributed by atoms with Gasteiger partial charge >= 0.3 is 0 Å². The molecule has 1 aliphatic heterocycles. The first-order valence-corrected chi connectivity index (χ1v) is 9.17. The van der Waals surface area contributed by atoms with Gasteiger partial charge in [0.25, 0.3) is 0 Å². The zero-order valence-corrected chi connectivity index (χ0v) is 15.8. The number of hydrogen-bond donors (Lipinski definition) is 1. The Morgan fingerprint density at radius 2 is 2.00 bits per heavy atom. The number of hydrogen-bond acceptors (Lipinski definition) is 6. The largest absolute Gasteiger partial charge is 0.353 e. The molecule has 1 aromatic carbocycles. The molecule has 0 radical (unpaired) electrons. The normalized spacial score (nSPS) is 17.9. The lowest BCUT2D eigenvalue weighted by Crippen LogP contribution is -2.50. The summed E-state index contributed by atoms with van der Waals surface area (Å²) in [4.78, 5) is 17.7. The molecule has 6 nitrogen and oxygen atoms in total. The van der Waals surface area contributed by atoms with Crippen LogP contribution >= 0.6 is 0 Å². The smallest absolute Gasteiger partial charge is 0.131 e. The Hall–Kier alpha value is -2.99. The molecule has 0 amide bonds. The molecule has 3 heterocycles. The van der Waals surface area contributed by atoms with Gasteiger partial charge in [-0.05, 0) is 31.5 Å². The van der Waals surface area contributed by atoms with E-state index in [-0.39, 0.29) is 0 Å². The quantitative estimate of drug-likeness (QED) is 0.771. The molecule has 1 aliphatic rings. The Morgan fingerprint density at radius 1 is 1.11 bits per heavy atom. The van der Waals surface area contributed by atoms with E-state index in [0.717, 1.165) is 53.3 Å². The number of rotatable bonds is 4. The Kier molecular flexibility index (Phi) is 4.73. The van der Waals surface area contributed by atoms with E-state index < -0.39 is 0 Å². The lowest BCUT2D eigenvalue weighted by atomic mass is 10.1. The van der Waals surface area contributed by atoms with Gasteiger partial charge in [0.2, 0.25) is 0 Å². The Morgan fingerprint density at radius 3 is 2.78 bits per heavy atom. The lowest BCUT2D eigenvalue weighted by molar-refractivity contribution is 0.133. The predicted molar refractivity (Wildman–Crippen MR) is 109 cm³/mol. The third kappa shape index (κ3) is 3.75. The molecular formula is C21H24N6. The second-order valence-corrected chi connectivity index (χ2v) is 7.10. The first kappa shape index (κ1) is 17.4. The third-order valence-corrected chi connectivity index (χ3v) is 5.03. The first-order chi connectivity index (χ1) is 13.1. The zero-order valence-electron chi connectivity index (χ0n) is 15.8. The van der Waals surface area contributed by atoms with Crippen molar-refractivity contribution in [3.05, 3.63) is 61.5 Å². The summed E-state index contributed by atoms with van der Waals surface area (Å²) in [5.41, 5.74) is 1.90. The summed E-state index contributed by atoms with van der Waals surface area (Å²) in [6.45, 7) is 9.50. The second-order valence-electron chi connectivity index (χ2n) is 7.10. The molecule has 0 spiro atoms. The molecule has 1 saturated heterocycles. The van der Waals surface area contributed by atoms with Crippen molar-refractivity contribution in [2.45, 2.75) is 13.0 Å². The summed E-state index contributed by atoms with van der Waals surface area (Å²) in [6.07, 6.45) is 7.05. The molecule has 1 N–H and O–H groups in total. The van der Waals surface area contributed by atoms with E-state index in [4.69, 9.17) is 0 Å². The molecule has 0 bridgehead atoms. The lowest BCUT2D eigenvalue weighted by Gasteiger charge is -2.40. The van der Waals surface area contributed by atoms with E-state index >= 15 is 0 Å². The van der Waals surface area contributed by atoms with Crippen LogP contribution in [0.2, 0.25) is 0 Å². The van der Waals surface area contributed by atoms with Gasteiger partial charge in [0.15, 0.2) is 0 Å². The number of fused-ring (bicyclic) bond motifs is 1. The molecule has 0 aliphatic carbocycles. The van der Waals surface area contributed by atoms with Crippen LogP contribution < -0.4 is 5.32 Å². The van der Waals surface area contributed by atoms with Gasteiger partial charge in [-0.15, -0.1) is 0 Å². The molecule has 3 aromatic rings. The van der Waals surface area contributed by atoms with Crippen LogP contribution in [0.15, 0.2) is 61.5 Å². The van der Waals surface area contributed by atoms with Gasteiger partial charge in [0.05, 0.1) is 17.7 Å². The molecule has 0 saturated carbocycles. The Bertz CT molecular complexity index is 955. The second kappa shape index (κ2) is 7.32. The number of nitrogens with one attached hydrogen (secondary N) is 1. The molecule has 1 fully saturated rings. The predicted octanol–water partition coefficient (Wildman–Crippen LogP) is 3.21. The summed E-state index contributed by atoms with van der Waals surface area (Å²) in [6, 6.07) is 8.71. The summed E-state index contributed by atoms with van der Waals surface area (Å²) < 4.78 is 0. The van der Waals surface area contributed by atoms with E-state index in [1.165, 1.54) is 0 Å². The fourth-order valence-corrected chi connectivity index (χ4v) is 3.58. The van der Waals surface area contributed by atoms with Crippen LogP contribution in [0.4, 0.5) is 5.82 Å². The van der Waals surface area contributed by atoms with Crippen LogP contribution in [0.3, 0.4) is 0 Å². The van der Waals surface area contributed by atoms with Crippen LogP contribution in [-0.4, -0.2) is 57.5 Å². The standard InChI is InChI=1S/C21H24N6/c1-15-14-26(3)8-9-27(15)16(2)25-21-11-19-10-17(4-5-18(19)12-24-21)20-13-22-6-7-23-20/h4-7,10-13,15H,2,8-9,14H2,1,3H3,(H,24,25)/t15-/m1/s1. The highest BCUT2D eigenvalue weighted by Crippen LogP contribution is 2.24. The average molecular weight is 360 g/mol. The Balaban J connectivity index is 1.56. The van der Waals surface area contributed by atoms with Gasteiger partial charge < -0.3 is 15.1 Å². The van der Waals surface area contributed by atoms with E-state index in [0.29, 0.717) is 6.04 Å². The summed E-state index contributed by atoms with van der Waals surface area (Å²) in [5, 5.41) is 5.58. The molecule has 1 atom stereocenters. The number of nitrogens with zero attached hydrogens (tertiary/aromatic N) is 5. The van der Waals surface area contributed by atoms with Crippen molar-refractivity contribution in [3.8, 4) is 11.3 Å². The van der Waals surface area contributed by atoms with Crippen LogP contribution in [0.1, 0.15) is 6.92 Å². The number of likely N-dealkylation sites (N-methyl/N-ethyl adjacent to an activating group) is 1. The SMILES string of the molecule is C=C(Nc1cc2cc(-c3cnccn3)ccc2cn1)N1CCN(C)C[C@H]1C. The number of benzene rings is 1. The van der Waals surface area contributed by atoms with Crippen molar-refractivity contribution >= 4 is 16.6 Å². The van der Waals surface area contributed by atoms with Gasteiger partial charge in [-0.1, -0.05) is 18.7 Å². The van der Waals surface area contributed by atoms with E-state index in [1.807, 2.05) is 12.3 Å². The van der Waals surface area contributed by atoms with Gasteiger partial charge in [-0.25, -0.2) is 4.98 Å². The topological polar surface area (TPSA) is 57.2 Å². The molecule has 138 valence electrons. The molecule has 2 aromatic heterocycles. The van der Waals surface area contributed by atoms with Crippen LogP contribution in [0.25, 0.3) is 22.0 Å². The number of piperazine rings is 1. The van der Waals surface area contributed by atoms with Gasteiger partial charge in [-0.3, -0.25) is 9.97 Å². The van der Waals surface area contributed by atoms with Crippen molar-refractivity contribution in [1.29, 1.82) is 0 Å². The van der Waals surface area contributed by atoms with Crippen molar-refractivity contribution in [3.63, 3.8) is 0 Å². The van der Waals surface area contributed by atoms with Crippen molar-refractivity contribution in [2.75, 3.05) is 32.0 Å². The maximum Gasteiger partial charge on any atom is 0.131 e. The highest BCUT2D eigenvalue weighted by molar-refractivity contribution is 5.88. The first-order valence-electron chi connectivity index (χ1n) is 9.17. The van der Waals surface area contributed by atoms with Crippen LogP contribution in [0.5, 0.6) is 0 Å². The van der Waals surface area contributed by atoms with Gasteiger partial charge in [-0.2, -0.15) is 0 Å². The van der Waals surface area contributed by atoms with Crippen molar-refractivity contribution < 1.29 is 0 Å². The highest BCUT2D eigenvalue weighted by Gasteiger charge is 2.22. The average Bonchev–Trinajstić information content (AvgIpc) is 2.68. The van der Waals surface area contributed by atoms with Gasteiger partial charge in [0, 0.05) is 55.2 Å². The minimum Gasteiger partial charge on any atom is -0.353 e. The van der Waals surface area contributed by atoms with Crippen LogP contribution in [0, 0.1) is 0 Å². The monoisotopic (exact) mass is 360 g/mol. The third-order valence-electron chi connectivity index (χ3n) is 5.03. The summed E-state index contributed by atoms with van der Waals surface area (Å²) in [5.74, 6) is 1.70. The molecule has 6 heteroatoms. The molecular weight excluding hydrogens is 336 g/mol. The van der Waals surface area contributed by atoms with E-state index in [9.17, 15) is 0 Å². The van der Waals surface area contributed by atoms with Gasteiger partial charge in [0.1, 0.15) is 5.82 Å². The minimum absolute atomic E-state index is 0.424. The summed E-state index contributed by atoms with van der Waals surface area (Å²) >= 11 is 0. The maximum atomic E-state index is 4.55. The van der Waals surface area contributed by atoms with E-state index in [1.54, 1.807) is 18.6 Å². The Labute approximate surface area is 159 Å². The number of pyridine rings is 1. The van der Waals surface area contributed by atoms with Crippen molar-refractivity contribution in [1.82, 2.24) is 24.8 Å². The fourth-order valence-electron chi connectivity index (χ4n) is 3.58. The minimum atomic E-state index is 0.424. The maximum absolute atomic E-state index is 4.55. The number of aromatic nitrogens is 3. The van der Waals surface area contributed by atoms with Crippen molar-refractivity contribution in [2.24, 2.45) is 0 Å². The number of anilines is 1. The fraction of sp³-hybridized carbons (Fsp3) is 0.286. The van der Waals surface area contributed by atoms with Crippen LogP contribution in [-0.2, 0) is 0 Å². The summed E-state index contributed by atoms with van der Waals surface area (Å²) in [7, 11) is 2.16. The zero-order chi connectivity index (χ0) is 18.8. The van der Waals surface area contributed by atoms with E-state index in [2.05, 4.69) is 68.8 Å². The molecule has 0 unspecified atom stereocenters. The molecule has 4 rings (SSSR count).